The van der Waals surface area contributed by atoms with Crippen LogP contribution in [0.5, 0.6) is 5.75 Å². The van der Waals surface area contributed by atoms with Crippen LogP contribution in [0.3, 0.4) is 0 Å². The van der Waals surface area contributed by atoms with Crippen LogP contribution in [0.1, 0.15) is 28.7 Å². The number of fused-ring (bicyclic) bond motifs is 1. The highest BCUT2D eigenvalue weighted by Gasteiger charge is 2.23. The second-order valence-corrected chi connectivity index (χ2v) is 6.34. The number of carbonyl (C=O) groups excluding carboxylic acids is 1. The van der Waals surface area contributed by atoms with Crippen molar-refractivity contribution in [2.75, 3.05) is 6.61 Å². The SMILES string of the molecule is CCOC(=O)c1nc2cc(F)c(Br)cn2c1Cc1ccccc1OC(F)F. The number of esters is 1. The smallest absolute Gasteiger partial charge is 0.387 e. The molecule has 0 saturated heterocycles. The molecule has 0 aliphatic carbocycles. The number of alkyl halides is 2. The lowest BCUT2D eigenvalue weighted by Gasteiger charge is -2.11. The standard InChI is InChI=1S/C18H14BrF3N2O3/c1-2-26-17(25)16-13(24-9-11(19)12(20)8-15(24)23-16)7-10-5-3-4-6-14(10)27-18(21)22/h3-6,8-9,18H,2,7H2,1H3. The van der Waals surface area contributed by atoms with Gasteiger partial charge in [-0.25, -0.2) is 14.2 Å². The van der Waals surface area contributed by atoms with Gasteiger partial charge in [0.15, 0.2) is 5.69 Å². The minimum absolute atomic E-state index is 0.0128. The Labute approximate surface area is 160 Å². The van der Waals surface area contributed by atoms with Crippen molar-refractivity contribution in [3.63, 3.8) is 0 Å². The number of aromatic nitrogens is 2. The van der Waals surface area contributed by atoms with Gasteiger partial charge in [-0.05, 0) is 28.9 Å². The van der Waals surface area contributed by atoms with E-state index in [4.69, 9.17) is 4.74 Å². The van der Waals surface area contributed by atoms with E-state index in [9.17, 15) is 18.0 Å². The maximum absolute atomic E-state index is 13.9. The highest BCUT2D eigenvalue weighted by Crippen LogP contribution is 2.27. The fourth-order valence-corrected chi connectivity index (χ4v) is 2.98. The molecular weight excluding hydrogens is 429 g/mol. The number of hydrogen-bond donors (Lipinski definition) is 0. The summed E-state index contributed by atoms with van der Waals surface area (Å²) in [7, 11) is 0. The van der Waals surface area contributed by atoms with E-state index in [1.807, 2.05) is 0 Å². The normalized spacial score (nSPS) is 11.2. The molecule has 5 nitrogen and oxygen atoms in total. The minimum Gasteiger partial charge on any atom is -0.461 e. The van der Waals surface area contributed by atoms with Crippen LogP contribution in [-0.4, -0.2) is 28.6 Å². The fraction of sp³-hybridized carbons (Fsp3) is 0.222. The van der Waals surface area contributed by atoms with E-state index >= 15 is 0 Å². The summed E-state index contributed by atoms with van der Waals surface area (Å²) in [5.74, 6) is -1.24. The third kappa shape index (κ3) is 4.08. The van der Waals surface area contributed by atoms with Gasteiger partial charge in [-0.2, -0.15) is 8.78 Å². The van der Waals surface area contributed by atoms with Gasteiger partial charge in [-0.1, -0.05) is 18.2 Å². The fourth-order valence-electron chi connectivity index (χ4n) is 2.66. The number of nitrogens with zero attached hydrogens (tertiary/aromatic N) is 2. The number of ether oxygens (including phenoxy) is 2. The first-order valence-corrected chi connectivity index (χ1v) is 8.75. The van der Waals surface area contributed by atoms with Gasteiger partial charge in [0.2, 0.25) is 0 Å². The van der Waals surface area contributed by atoms with Gasteiger partial charge in [-0.3, -0.25) is 0 Å². The molecule has 2 aromatic heterocycles. The molecule has 0 aliphatic heterocycles. The Morgan fingerprint density at radius 1 is 1.33 bits per heavy atom. The average molecular weight is 443 g/mol. The molecule has 27 heavy (non-hydrogen) atoms. The molecule has 0 amide bonds. The molecule has 1 aromatic carbocycles. The van der Waals surface area contributed by atoms with Crippen LogP contribution < -0.4 is 4.74 Å². The number of carbonyl (C=O) groups is 1. The number of hydrogen-bond acceptors (Lipinski definition) is 4. The molecule has 0 bridgehead atoms. The summed E-state index contributed by atoms with van der Waals surface area (Å²) in [5.41, 5.74) is 0.974. The first-order valence-electron chi connectivity index (χ1n) is 7.96. The van der Waals surface area contributed by atoms with Crippen LogP contribution in [0.25, 0.3) is 5.65 Å². The second-order valence-electron chi connectivity index (χ2n) is 5.49. The Morgan fingerprint density at radius 2 is 2.07 bits per heavy atom. The zero-order valence-corrected chi connectivity index (χ0v) is 15.7. The van der Waals surface area contributed by atoms with Crippen molar-refractivity contribution in [3.05, 3.63) is 63.8 Å². The van der Waals surface area contributed by atoms with Crippen LogP contribution in [0.4, 0.5) is 13.2 Å². The average Bonchev–Trinajstić information content (AvgIpc) is 2.94. The second kappa shape index (κ2) is 7.99. The van der Waals surface area contributed by atoms with E-state index in [-0.39, 0.29) is 34.6 Å². The van der Waals surface area contributed by atoms with E-state index in [0.717, 1.165) is 6.07 Å². The lowest BCUT2D eigenvalue weighted by molar-refractivity contribution is -0.0504. The molecule has 3 aromatic rings. The molecule has 142 valence electrons. The van der Waals surface area contributed by atoms with Gasteiger partial charge >= 0.3 is 12.6 Å². The Balaban J connectivity index is 2.13. The van der Waals surface area contributed by atoms with Crippen LogP contribution in [0.15, 0.2) is 41.0 Å². The van der Waals surface area contributed by atoms with Gasteiger partial charge in [0.05, 0.1) is 16.8 Å². The molecule has 0 N–H and O–H groups in total. The van der Waals surface area contributed by atoms with Crippen LogP contribution in [0.2, 0.25) is 0 Å². The van der Waals surface area contributed by atoms with Gasteiger partial charge in [0.1, 0.15) is 17.2 Å². The summed E-state index contributed by atoms with van der Waals surface area (Å²) in [6.07, 6.45) is 1.47. The number of imidazole rings is 1. The summed E-state index contributed by atoms with van der Waals surface area (Å²) in [5, 5.41) is 0. The topological polar surface area (TPSA) is 52.8 Å². The number of pyridine rings is 1. The van der Waals surface area contributed by atoms with Gasteiger partial charge in [-0.15, -0.1) is 0 Å². The predicted octanol–water partition coefficient (Wildman–Crippen LogP) is 4.60. The first-order chi connectivity index (χ1) is 12.9. The molecule has 0 fully saturated rings. The summed E-state index contributed by atoms with van der Waals surface area (Å²) in [6, 6.07) is 7.40. The van der Waals surface area contributed by atoms with E-state index in [1.54, 1.807) is 25.1 Å². The summed E-state index contributed by atoms with van der Waals surface area (Å²) < 4.78 is 50.5. The van der Waals surface area contributed by atoms with Crippen molar-refractivity contribution in [1.29, 1.82) is 0 Å². The Hall–Kier alpha value is -2.55. The van der Waals surface area contributed by atoms with Crippen molar-refractivity contribution < 1.29 is 27.4 Å². The van der Waals surface area contributed by atoms with Gasteiger partial charge in [0.25, 0.3) is 0 Å². The third-order valence-electron chi connectivity index (χ3n) is 3.78. The summed E-state index contributed by atoms with van der Waals surface area (Å²) in [6.45, 7) is -1.20. The first kappa shape index (κ1) is 19.2. The van der Waals surface area contributed by atoms with Crippen molar-refractivity contribution >= 4 is 27.5 Å². The molecule has 0 radical (unpaired) electrons. The molecule has 0 spiro atoms. The Bertz CT molecular complexity index is 991. The lowest BCUT2D eigenvalue weighted by Crippen LogP contribution is -2.10. The molecule has 0 unspecified atom stereocenters. The molecule has 2 heterocycles. The van der Waals surface area contributed by atoms with Crippen molar-refractivity contribution in [2.24, 2.45) is 0 Å². The zero-order chi connectivity index (χ0) is 19.6. The molecule has 0 aliphatic rings. The van der Waals surface area contributed by atoms with Crippen LogP contribution in [0, 0.1) is 5.82 Å². The highest BCUT2D eigenvalue weighted by molar-refractivity contribution is 9.10. The highest BCUT2D eigenvalue weighted by atomic mass is 79.9. The van der Waals surface area contributed by atoms with Crippen molar-refractivity contribution in [3.8, 4) is 5.75 Å². The monoisotopic (exact) mass is 442 g/mol. The van der Waals surface area contributed by atoms with Gasteiger partial charge < -0.3 is 13.9 Å². The molecule has 3 rings (SSSR count). The number of halogens is 4. The van der Waals surface area contributed by atoms with E-state index in [2.05, 4.69) is 25.7 Å². The van der Waals surface area contributed by atoms with E-state index < -0.39 is 18.4 Å². The third-order valence-corrected chi connectivity index (χ3v) is 4.36. The lowest BCUT2D eigenvalue weighted by atomic mass is 10.1. The molecular formula is C18H14BrF3N2O3. The largest absolute Gasteiger partial charge is 0.461 e. The minimum atomic E-state index is -2.99. The number of rotatable bonds is 6. The van der Waals surface area contributed by atoms with E-state index in [0.29, 0.717) is 11.3 Å². The predicted molar refractivity (Wildman–Crippen MR) is 94.7 cm³/mol. The molecule has 9 heteroatoms. The quantitative estimate of drug-likeness (QED) is 0.523. The van der Waals surface area contributed by atoms with Crippen molar-refractivity contribution in [1.82, 2.24) is 9.38 Å². The Morgan fingerprint density at radius 3 is 2.78 bits per heavy atom. The molecule has 0 saturated carbocycles. The maximum Gasteiger partial charge on any atom is 0.387 e. The van der Waals surface area contributed by atoms with Crippen molar-refractivity contribution in [2.45, 2.75) is 20.0 Å². The van der Waals surface area contributed by atoms with Gasteiger partial charge in [0, 0.05) is 24.2 Å². The van der Waals surface area contributed by atoms with Crippen LogP contribution in [-0.2, 0) is 11.2 Å². The van der Waals surface area contributed by atoms with E-state index in [1.165, 1.54) is 16.7 Å². The maximum atomic E-state index is 13.9. The molecule has 0 atom stereocenters. The summed E-state index contributed by atoms with van der Waals surface area (Å²) >= 11 is 3.10. The summed E-state index contributed by atoms with van der Waals surface area (Å²) in [4.78, 5) is 16.5. The Kier molecular flexibility index (Phi) is 5.69. The number of benzene rings is 1. The number of para-hydroxylation sites is 1. The van der Waals surface area contributed by atoms with Crippen LogP contribution >= 0.6 is 15.9 Å². The zero-order valence-electron chi connectivity index (χ0n) is 14.1.